The Labute approximate surface area is 150 Å². The third-order valence-corrected chi connectivity index (χ3v) is 5.44. The second-order valence-corrected chi connectivity index (χ2v) is 6.96. The SMILES string of the molecule is CC[C@H](C(=O)NC[C@H]([C@@H]1CCOC1)N1CCOCC1)c1ccccc1. The van der Waals surface area contributed by atoms with Gasteiger partial charge in [0.2, 0.25) is 5.91 Å². The van der Waals surface area contributed by atoms with Crippen LogP contribution in [-0.2, 0) is 14.3 Å². The molecule has 2 heterocycles. The Morgan fingerprint density at radius 3 is 2.60 bits per heavy atom. The second kappa shape index (κ2) is 9.32. The van der Waals surface area contributed by atoms with Crippen LogP contribution in [0.15, 0.2) is 30.3 Å². The van der Waals surface area contributed by atoms with E-state index in [0.717, 1.165) is 57.9 Å². The molecular formula is C20H30N2O3. The van der Waals surface area contributed by atoms with E-state index >= 15 is 0 Å². The summed E-state index contributed by atoms with van der Waals surface area (Å²) in [5.41, 5.74) is 1.09. The average Bonchev–Trinajstić information content (AvgIpc) is 3.19. The summed E-state index contributed by atoms with van der Waals surface area (Å²) in [5.74, 6) is 0.549. The largest absolute Gasteiger partial charge is 0.381 e. The van der Waals surface area contributed by atoms with Crippen molar-refractivity contribution in [3.8, 4) is 0 Å². The molecule has 5 heteroatoms. The molecule has 1 aromatic carbocycles. The summed E-state index contributed by atoms with van der Waals surface area (Å²) < 4.78 is 11.1. The fraction of sp³-hybridized carbons (Fsp3) is 0.650. The van der Waals surface area contributed by atoms with Crippen LogP contribution in [-0.4, -0.2) is 62.9 Å². The lowest BCUT2D eigenvalue weighted by molar-refractivity contribution is -0.123. The lowest BCUT2D eigenvalue weighted by Gasteiger charge is -2.37. The van der Waals surface area contributed by atoms with E-state index < -0.39 is 0 Å². The Morgan fingerprint density at radius 1 is 1.20 bits per heavy atom. The number of morpholine rings is 1. The minimum atomic E-state index is -0.0774. The third kappa shape index (κ3) is 4.81. The molecule has 138 valence electrons. The molecule has 25 heavy (non-hydrogen) atoms. The zero-order valence-electron chi connectivity index (χ0n) is 15.2. The molecule has 1 N–H and O–H groups in total. The Kier molecular flexibility index (Phi) is 6.84. The number of amides is 1. The molecule has 2 aliphatic rings. The molecule has 3 rings (SSSR count). The van der Waals surface area contributed by atoms with Crippen molar-refractivity contribution in [2.24, 2.45) is 5.92 Å². The van der Waals surface area contributed by atoms with Gasteiger partial charge in [-0.25, -0.2) is 0 Å². The standard InChI is InChI=1S/C20H30N2O3/c1-2-18(16-6-4-3-5-7-16)20(23)21-14-19(17-8-11-25-15-17)22-9-12-24-13-10-22/h3-7,17-19H,2,8-15H2,1H3,(H,21,23)/t17-,18+,19-/m1/s1. The average molecular weight is 346 g/mol. The van der Waals surface area contributed by atoms with Gasteiger partial charge in [-0.15, -0.1) is 0 Å². The Bertz CT molecular complexity index is 525. The first-order valence-electron chi connectivity index (χ1n) is 9.51. The van der Waals surface area contributed by atoms with Crippen LogP contribution in [0, 0.1) is 5.92 Å². The Balaban J connectivity index is 1.62. The van der Waals surface area contributed by atoms with Crippen molar-refractivity contribution in [1.29, 1.82) is 0 Å². The fourth-order valence-corrected chi connectivity index (χ4v) is 3.95. The van der Waals surface area contributed by atoms with Crippen molar-refractivity contribution in [1.82, 2.24) is 10.2 Å². The number of hydrogen-bond acceptors (Lipinski definition) is 4. The van der Waals surface area contributed by atoms with Crippen molar-refractivity contribution in [3.63, 3.8) is 0 Å². The first-order chi connectivity index (χ1) is 12.3. The van der Waals surface area contributed by atoms with Gasteiger partial charge in [-0.1, -0.05) is 37.3 Å². The van der Waals surface area contributed by atoms with Gasteiger partial charge in [0.15, 0.2) is 0 Å². The number of benzene rings is 1. The van der Waals surface area contributed by atoms with Gasteiger partial charge in [-0.05, 0) is 18.4 Å². The highest BCUT2D eigenvalue weighted by Crippen LogP contribution is 2.23. The first kappa shape index (κ1) is 18.4. The summed E-state index contributed by atoms with van der Waals surface area (Å²) in [5, 5.41) is 3.23. The van der Waals surface area contributed by atoms with E-state index in [1.54, 1.807) is 0 Å². The van der Waals surface area contributed by atoms with Gasteiger partial charge < -0.3 is 14.8 Å². The lowest BCUT2D eigenvalue weighted by atomic mass is 9.94. The van der Waals surface area contributed by atoms with Crippen LogP contribution in [0.5, 0.6) is 0 Å². The number of carbonyl (C=O) groups excluding carboxylic acids is 1. The van der Waals surface area contributed by atoms with Crippen LogP contribution >= 0.6 is 0 Å². The van der Waals surface area contributed by atoms with Gasteiger partial charge in [0.05, 0.1) is 25.7 Å². The van der Waals surface area contributed by atoms with Gasteiger partial charge in [0.25, 0.3) is 0 Å². The molecular weight excluding hydrogens is 316 g/mol. The highest BCUT2D eigenvalue weighted by atomic mass is 16.5. The van der Waals surface area contributed by atoms with Crippen LogP contribution in [0.2, 0.25) is 0 Å². The summed E-state index contributed by atoms with van der Waals surface area (Å²) in [6, 6.07) is 10.4. The molecule has 0 aromatic heterocycles. The Hall–Kier alpha value is -1.43. The summed E-state index contributed by atoms with van der Waals surface area (Å²) in [6.45, 7) is 7.83. The molecule has 0 spiro atoms. The number of rotatable bonds is 7. The smallest absolute Gasteiger partial charge is 0.227 e. The van der Waals surface area contributed by atoms with Gasteiger partial charge in [-0.2, -0.15) is 0 Å². The molecule has 2 saturated heterocycles. The molecule has 2 aliphatic heterocycles. The van der Waals surface area contributed by atoms with Crippen molar-refractivity contribution in [2.75, 3.05) is 46.1 Å². The molecule has 1 aromatic rings. The van der Waals surface area contributed by atoms with Crippen LogP contribution in [0.25, 0.3) is 0 Å². The molecule has 3 atom stereocenters. The molecule has 5 nitrogen and oxygen atoms in total. The van der Waals surface area contributed by atoms with Crippen LogP contribution in [0.1, 0.15) is 31.2 Å². The van der Waals surface area contributed by atoms with Gasteiger partial charge in [0.1, 0.15) is 0 Å². The molecule has 0 unspecified atom stereocenters. The summed E-state index contributed by atoms with van der Waals surface area (Å²) >= 11 is 0. The number of nitrogens with one attached hydrogen (secondary N) is 1. The van der Waals surface area contributed by atoms with E-state index in [0.29, 0.717) is 18.5 Å². The maximum Gasteiger partial charge on any atom is 0.227 e. The normalized spacial score (nSPS) is 24.0. The lowest BCUT2D eigenvalue weighted by Crippen LogP contribution is -2.52. The number of ether oxygens (including phenoxy) is 2. The van der Waals surface area contributed by atoms with E-state index in [-0.39, 0.29) is 11.8 Å². The van der Waals surface area contributed by atoms with Crippen molar-refractivity contribution in [2.45, 2.75) is 31.7 Å². The highest BCUT2D eigenvalue weighted by Gasteiger charge is 2.32. The Morgan fingerprint density at radius 2 is 1.96 bits per heavy atom. The predicted octanol–water partition coefficient (Wildman–Crippen LogP) is 2.03. The molecule has 2 fully saturated rings. The number of nitrogens with zero attached hydrogens (tertiary/aromatic N) is 1. The molecule has 0 saturated carbocycles. The summed E-state index contributed by atoms with van der Waals surface area (Å²) in [4.78, 5) is 15.3. The maximum atomic E-state index is 12.8. The fourth-order valence-electron chi connectivity index (χ4n) is 3.95. The van der Waals surface area contributed by atoms with Crippen molar-refractivity contribution < 1.29 is 14.3 Å². The van der Waals surface area contributed by atoms with Crippen LogP contribution in [0.4, 0.5) is 0 Å². The molecule has 1 amide bonds. The summed E-state index contributed by atoms with van der Waals surface area (Å²) in [6.07, 6.45) is 1.89. The van der Waals surface area contributed by atoms with Crippen LogP contribution < -0.4 is 5.32 Å². The third-order valence-electron chi connectivity index (χ3n) is 5.44. The van der Waals surface area contributed by atoms with Gasteiger partial charge in [-0.3, -0.25) is 9.69 Å². The monoisotopic (exact) mass is 346 g/mol. The van der Waals surface area contributed by atoms with E-state index in [4.69, 9.17) is 9.47 Å². The maximum absolute atomic E-state index is 12.8. The van der Waals surface area contributed by atoms with Crippen molar-refractivity contribution in [3.05, 3.63) is 35.9 Å². The minimum absolute atomic E-state index is 0.0774. The quantitative estimate of drug-likeness (QED) is 0.821. The number of carbonyl (C=O) groups is 1. The topological polar surface area (TPSA) is 50.8 Å². The van der Waals surface area contributed by atoms with Gasteiger partial charge >= 0.3 is 0 Å². The van der Waals surface area contributed by atoms with E-state index in [9.17, 15) is 4.79 Å². The van der Waals surface area contributed by atoms with E-state index in [1.165, 1.54) is 0 Å². The number of hydrogen-bond donors (Lipinski definition) is 1. The van der Waals surface area contributed by atoms with Crippen LogP contribution in [0.3, 0.4) is 0 Å². The van der Waals surface area contributed by atoms with Crippen molar-refractivity contribution >= 4 is 5.91 Å². The van der Waals surface area contributed by atoms with Gasteiger partial charge in [0, 0.05) is 38.2 Å². The zero-order chi connectivity index (χ0) is 17.5. The van der Waals surface area contributed by atoms with E-state index in [1.807, 2.05) is 30.3 Å². The minimum Gasteiger partial charge on any atom is -0.381 e. The molecule has 0 bridgehead atoms. The molecule has 0 aliphatic carbocycles. The highest BCUT2D eigenvalue weighted by molar-refractivity contribution is 5.83. The zero-order valence-corrected chi connectivity index (χ0v) is 15.2. The molecule has 0 radical (unpaired) electrons. The van der Waals surface area contributed by atoms with E-state index in [2.05, 4.69) is 17.1 Å². The first-order valence-corrected chi connectivity index (χ1v) is 9.51. The summed E-state index contributed by atoms with van der Waals surface area (Å²) in [7, 11) is 0. The predicted molar refractivity (Wildman–Crippen MR) is 97.6 cm³/mol. The second-order valence-electron chi connectivity index (χ2n) is 6.96.